The maximum Gasteiger partial charge on any atom is 0.336 e. The van der Waals surface area contributed by atoms with E-state index in [2.05, 4.69) is 21.0 Å². The number of hydrogen-bond donors (Lipinski definition) is 0. The molecule has 2 heterocycles. The van der Waals surface area contributed by atoms with Crippen molar-refractivity contribution in [1.82, 2.24) is 10.2 Å². The molecule has 0 amide bonds. The lowest BCUT2D eigenvalue weighted by Gasteiger charge is -2.32. The summed E-state index contributed by atoms with van der Waals surface area (Å²) < 4.78 is 10.0. The molecule has 0 aliphatic carbocycles. The molecule has 0 aromatic carbocycles. The van der Waals surface area contributed by atoms with E-state index in [1.807, 2.05) is 18.7 Å². The normalized spacial score (nSPS) is 18.5. The highest BCUT2D eigenvalue weighted by Gasteiger charge is 2.30. The van der Waals surface area contributed by atoms with Gasteiger partial charge in [-0.3, -0.25) is 0 Å². The average Bonchev–Trinajstić information content (AvgIpc) is 2.49. The van der Waals surface area contributed by atoms with E-state index in [0.717, 1.165) is 11.3 Å². The second-order valence-electron chi connectivity index (χ2n) is 4.55. The van der Waals surface area contributed by atoms with Crippen molar-refractivity contribution in [1.29, 1.82) is 5.26 Å². The molecule has 1 aliphatic heterocycles. The molecule has 0 bridgehead atoms. The molecule has 1 saturated heterocycles. The van der Waals surface area contributed by atoms with Gasteiger partial charge in [0, 0.05) is 6.54 Å². The molecule has 0 N–H and O–H groups in total. The number of nitrogens with zero attached hydrogens (tertiary/aromatic N) is 4. The van der Waals surface area contributed by atoms with E-state index in [4.69, 9.17) is 4.74 Å². The second-order valence-corrected chi connectivity index (χ2v) is 4.55. The summed E-state index contributed by atoms with van der Waals surface area (Å²) in [4.78, 5) is 13.4. The summed E-state index contributed by atoms with van der Waals surface area (Å²) in [5, 5.41) is 17.5. The molecule has 1 aliphatic rings. The van der Waals surface area contributed by atoms with Crippen molar-refractivity contribution in [2.24, 2.45) is 0 Å². The van der Waals surface area contributed by atoms with Crippen LogP contribution in [0, 0.1) is 25.2 Å². The Kier molecular flexibility index (Phi) is 4.15. The minimum atomic E-state index is -0.663. The highest BCUT2D eigenvalue weighted by molar-refractivity contribution is 5.76. The highest BCUT2D eigenvalue weighted by Crippen LogP contribution is 2.23. The number of nitriles is 1. The van der Waals surface area contributed by atoms with E-state index in [9.17, 15) is 10.1 Å². The van der Waals surface area contributed by atoms with Gasteiger partial charge in [-0.05, 0) is 19.4 Å². The first-order valence-corrected chi connectivity index (χ1v) is 6.26. The molecule has 20 heavy (non-hydrogen) atoms. The van der Waals surface area contributed by atoms with E-state index in [0.29, 0.717) is 31.1 Å². The van der Waals surface area contributed by atoms with E-state index < -0.39 is 12.1 Å². The summed E-state index contributed by atoms with van der Waals surface area (Å²) in [6, 6.07) is 2.16. The summed E-state index contributed by atoms with van der Waals surface area (Å²) in [6.45, 7) is 4.88. The molecule has 1 fully saturated rings. The maximum atomic E-state index is 11.5. The average molecular weight is 276 g/mol. The van der Waals surface area contributed by atoms with Crippen LogP contribution in [0.25, 0.3) is 0 Å². The van der Waals surface area contributed by atoms with Crippen molar-refractivity contribution in [2.75, 3.05) is 31.7 Å². The minimum Gasteiger partial charge on any atom is -0.467 e. The molecule has 0 spiro atoms. The van der Waals surface area contributed by atoms with Gasteiger partial charge in [0.1, 0.15) is 11.6 Å². The van der Waals surface area contributed by atoms with Crippen LogP contribution < -0.4 is 4.90 Å². The molecule has 0 saturated carbocycles. The summed E-state index contributed by atoms with van der Waals surface area (Å²) in [5.41, 5.74) is 2.02. The number of morpholine rings is 1. The third kappa shape index (κ3) is 2.56. The molecule has 7 nitrogen and oxygen atoms in total. The zero-order valence-electron chi connectivity index (χ0n) is 11.7. The first-order chi connectivity index (χ1) is 9.58. The third-order valence-electron chi connectivity index (χ3n) is 3.38. The van der Waals surface area contributed by atoms with Crippen molar-refractivity contribution < 1.29 is 14.3 Å². The van der Waals surface area contributed by atoms with Gasteiger partial charge in [-0.2, -0.15) is 10.4 Å². The predicted octanol–water partition coefficient (Wildman–Crippen LogP) is 0.343. The van der Waals surface area contributed by atoms with Gasteiger partial charge in [0.15, 0.2) is 11.9 Å². The molecule has 1 atom stereocenters. The Morgan fingerprint density at radius 1 is 1.50 bits per heavy atom. The van der Waals surface area contributed by atoms with Gasteiger partial charge >= 0.3 is 5.97 Å². The van der Waals surface area contributed by atoms with Gasteiger partial charge < -0.3 is 14.4 Å². The number of carbonyl (C=O) groups is 1. The van der Waals surface area contributed by atoms with Crippen LogP contribution in [0.1, 0.15) is 16.8 Å². The molecule has 1 unspecified atom stereocenters. The molecular formula is C13H16N4O3. The van der Waals surface area contributed by atoms with Crippen molar-refractivity contribution in [3.8, 4) is 6.07 Å². The van der Waals surface area contributed by atoms with Gasteiger partial charge in [-0.25, -0.2) is 4.79 Å². The van der Waals surface area contributed by atoms with Crippen LogP contribution in [0.4, 0.5) is 5.82 Å². The maximum absolute atomic E-state index is 11.5. The van der Waals surface area contributed by atoms with Gasteiger partial charge in [0.25, 0.3) is 0 Å². The molecule has 7 heteroatoms. The van der Waals surface area contributed by atoms with Gasteiger partial charge in [0.2, 0.25) is 0 Å². The highest BCUT2D eigenvalue weighted by atomic mass is 16.6. The molecule has 2 rings (SSSR count). The van der Waals surface area contributed by atoms with Crippen LogP contribution in [-0.4, -0.2) is 49.1 Å². The third-order valence-corrected chi connectivity index (χ3v) is 3.38. The molecule has 1 aromatic rings. The van der Waals surface area contributed by atoms with Crippen LogP contribution in [0.15, 0.2) is 0 Å². The van der Waals surface area contributed by atoms with Crippen LogP contribution >= 0.6 is 0 Å². The Morgan fingerprint density at radius 2 is 2.25 bits per heavy atom. The van der Waals surface area contributed by atoms with Crippen molar-refractivity contribution >= 4 is 11.8 Å². The number of aryl methyl sites for hydroxylation is 1. The lowest BCUT2D eigenvalue weighted by Crippen LogP contribution is -2.47. The number of hydrogen-bond acceptors (Lipinski definition) is 7. The zero-order valence-corrected chi connectivity index (χ0v) is 11.7. The Balaban J connectivity index is 2.30. The largest absolute Gasteiger partial charge is 0.467 e. The van der Waals surface area contributed by atoms with Crippen LogP contribution in [0.3, 0.4) is 0 Å². The fourth-order valence-electron chi connectivity index (χ4n) is 2.07. The lowest BCUT2D eigenvalue weighted by molar-refractivity contribution is -0.154. The quantitative estimate of drug-likeness (QED) is 0.720. The van der Waals surface area contributed by atoms with Crippen molar-refractivity contribution in [3.05, 3.63) is 16.8 Å². The van der Waals surface area contributed by atoms with Crippen molar-refractivity contribution in [3.63, 3.8) is 0 Å². The summed E-state index contributed by atoms with van der Waals surface area (Å²) >= 11 is 0. The van der Waals surface area contributed by atoms with E-state index in [-0.39, 0.29) is 0 Å². The molecule has 0 radical (unpaired) electrons. The Hall–Kier alpha value is -2.20. The minimum absolute atomic E-state index is 0.304. The Bertz CT molecular complexity index is 567. The van der Waals surface area contributed by atoms with Crippen LogP contribution in [0.5, 0.6) is 0 Å². The Labute approximate surface area is 117 Å². The number of ether oxygens (including phenoxy) is 2. The molecular weight excluding hydrogens is 260 g/mol. The summed E-state index contributed by atoms with van der Waals surface area (Å²) in [6.07, 6.45) is -0.663. The monoisotopic (exact) mass is 276 g/mol. The number of carbonyl (C=O) groups excluding carboxylic acids is 1. The second kappa shape index (κ2) is 5.84. The Morgan fingerprint density at radius 3 is 2.90 bits per heavy atom. The first kappa shape index (κ1) is 14.2. The van der Waals surface area contributed by atoms with E-state index in [1.54, 1.807) is 0 Å². The topological polar surface area (TPSA) is 88.3 Å². The van der Waals surface area contributed by atoms with Gasteiger partial charge in [-0.15, -0.1) is 5.10 Å². The van der Waals surface area contributed by atoms with Crippen LogP contribution in [-0.2, 0) is 14.3 Å². The number of esters is 1. The van der Waals surface area contributed by atoms with Gasteiger partial charge in [0.05, 0.1) is 26.0 Å². The zero-order chi connectivity index (χ0) is 14.7. The van der Waals surface area contributed by atoms with Gasteiger partial charge in [-0.1, -0.05) is 0 Å². The van der Waals surface area contributed by atoms with Crippen LogP contribution in [0.2, 0.25) is 0 Å². The number of anilines is 1. The summed E-state index contributed by atoms with van der Waals surface area (Å²) in [7, 11) is 1.32. The number of methoxy groups -OCH3 is 1. The summed E-state index contributed by atoms with van der Waals surface area (Å²) in [5.74, 6) is 0.0674. The smallest absolute Gasteiger partial charge is 0.336 e. The number of rotatable bonds is 2. The fourth-order valence-corrected chi connectivity index (χ4v) is 2.07. The molecule has 106 valence electrons. The van der Waals surface area contributed by atoms with Crippen molar-refractivity contribution in [2.45, 2.75) is 20.0 Å². The predicted molar refractivity (Wildman–Crippen MR) is 70.2 cm³/mol. The van der Waals surface area contributed by atoms with E-state index >= 15 is 0 Å². The lowest BCUT2D eigenvalue weighted by atomic mass is 10.1. The molecule has 1 aromatic heterocycles. The SMILES string of the molecule is COC(=O)C1CN(c2nnc(C)c(C)c2C#N)CCO1. The first-order valence-electron chi connectivity index (χ1n) is 6.26. The number of aromatic nitrogens is 2. The standard InChI is InChI=1S/C13H16N4O3/c1-8-9(2)15-16-12(10(8)6-14)17-4-5-20-11(7-17)13(18)19-3/h11H,4-5,7H2,1-3H3. The fraction of sp³-hybridized carbons (Fsp3) is 0.538. The van der Waals surface area contributed by atoms with E-state index in [1.165, 1.54) is 7.11 Å².